The molecule has 0 N–H and O–H groups in total. The Hall–Kier alpha value is -4.95. The fourth-order valence-electron chi connectivity index (χ4n) is 6.46. The van der Waals surface area contributed by atoms with Crippen LogP contribution >= 0.6 is 22.7 Å². The molecule has 0 amide bonds. The summed E-state index contributed by atoms with van der Waals surface area (Å²) in [6, 6.07) is 43.2. The minimum absolute atomic E-state index is 0.662. The molecule has 0 fully saturated rings. The molecule has 0 unspecified atom stereocenters. The van der Waals surface area contributed by atoms with Crippen molar-refractivity contribution in [3.05, 3.63) is 133 Å². The number of hydrogen-bond acceptors (Lipinski definition) is 2. The van der Waals surface area contributed by atoms with E-state index in [0.717, 1.165) is 27.8 Å². The summed E-state index contributed by atoms with van der Waals surface area (Å²) in [5.41, 5.74) is 6.02. The van der Waals surface area contributed by atoms with Crippen molar-refractivity contribution < 1.29 is 0 Å². The first-order valence-electron chi connectivity index (χ1n) is 13.6. The van der Waals surface area contributed by atoms with Crippen LogP contribution in [0.15, 0.2) is 121 Å². The van der Waals surface area contributed by atoms with Crippen molar-refractivity contribution in [2.75, 3.05) is 0 Å². The summed E-state index contributed by atoms with van der Waals surface area (Å²) in [7, 11) is 0. The number of fused-ring (bicyclic) bond motifs is 10. The highest BCUT2D eigenvalue weighted by Crippen LogP contribution is 2.47. The van der Waals surface area contributed by atoms with Gasteiger partial charge in [0.05, 0.1) is 27.0 Å². The van der Waals surface area contributed by atoms with E-state index in [1.54, 1.807) is 0 Å². The van der Waals surface area contributed by atoms with E-state index in [9.17, 15) is 0 Å². The molecule has 190 valence electrons. The normalized spacial score (nSPS) is 11.9. The zero-order valence-electron chi connectivity index (χ0n) is 21.8. The summed E-state index contributed by atoms with van der Waals surface area (Å²) < 4.78 is 7.63. The summed E-state index contributed by atoms with van der Waals surface area (Å²) >= 11 is 3.75. The van der Waals surface area contributed by atoms with Crippen molar-refractivity contribution in [2.45, 2.75) is 0 Å². The highest BCUT2D eigenvalue weighted by molar-refractivity contribution is 7.33. The molecular formula is C37H20N2S2. The Morgan fingerprint density at radius 2 is 1.12 bits per heavy atom. The first-order valence-corrected chi connectivity index (χ1v) is 15.2. The third kappa shape index (κ3) is 3.16. The van der Waals surface area contributed by atoms with Gasteiger partial charge in [0.25, 0.3) is 0 Å². The van der Waals surface area contributed by atoms with E-state index in [2.05, 4.69) is 119 Å². The molecular weight excluding hydrogens is 537 g/mol. The van der Waals surface area contributed by atoms with Crippen molar-refractivity contribution >= 4 is 90.5 Å². The zero-order chi connectivity index (χ0) is 27.1. The molecule has 0 atom stereocenters. The molecule has 9 aromatic rings. The van der Waals surface area contributed by atoms with Crippen LogP contribution in [0.4, 0.5) is 5.69 Å². The number of hydrogen-bond donors (Lipinski definition) is 0. The van der Waals surface area contributed by atoms with Gasteiger partial charge in [0.1, 0.15) is 0 Å². The van der Waals surface area contributed by atoms with Crippen LogP contribution in [0, 0.1) is 6.57 Å². The van der Waals surface area contributed by atoms with Crippen molar-refractivity contribution in [3.63, 3.8) is 0 Å². The van der Waals surface area contributed by atoms with Crippen LogP contribution in [0.2, 0.25) is 0 Å². The molecule has 2 nitrogen and oxygen atoms in total. The summed E-state index contributed by atoms with van der Waals surface area (Å²) in [5, 5.41) is 7.62. The van der Waals surface area contributed by atoms with Crippen LogP contribution in [0.3, 0.4) is 0 Å². The highest BCUT2D eigenvalue weighted by atomic mass is 32.1. The summed E-state index contributed by atoms with van der Waals surface area (Å²) in [5.74, 6) is 0. The molecule has 0 saturated carbocycles. The molecule has 0 bridgehead atoms. The topological polar surface area (TPSA) is 9.29 Å². The van der Waals surface area contributed by atoms with Crippen molar-refractivity contribution in [2.24, 2.45) is 0 Å². The minimum Gasteiger partial charge on any atom is -0.310 e. The van der Waals surface area contributed by atoms with E-state index in [1.165, 1.54) is 51.1 Å². The lowest BCUT2D eigenvalue weighted by atomic mass is 9.98. The summed E-state index contributed by atoms with van der Waals surface area (Å²) in [6.45, 7) is 8.11. The molecule has 4 heteroatoms. The van der Waals surface area contributed by atoms with Gasteiger partial charge >= 0.3 is 0 Å². The van der Waals surface area contributed by atoms with Crippen LogP contribution in [0.25, 0.3) is 83.8 Å². The Morgan fingerprint density at radius 1 is 0.512 bits per heavy atom. The zero-order valence-corrected chi connectivity index (χ0v) is 23.4. The molecule has 9 rings (SSSR count). The number of benzene rings is 6. The largest absolute Gasteiger partial charge is 0.310 e. The van der Waals surface area contributed by atoms with Crippen molar-refractivity contribution in [1.82, 2.24) is 4.57 Å². The van der Waals surface area contributed by atoms with Gasteiger partial charge in [0.15, 0.2) is 5.69 Å². The second-order valence-electron chi connectivity index (χ2n) is 10.4. The van der Waals surface area contributed by atoms with Gasteiger partial charge < -0.3 is 4.57 Å². The predicted octanol–water partition coefficient (Wildman–Crippen LogP) is 11.7. The molecule has 3 heterocycles. The van der Waals surface area contributed by atoms with Gasteiger partial charge in [-0.2, -0.15) is 0 Å². The Bertz CT molecular complexity index is 2500. The van der Waals surface area contributed by atoms with Gasteiger partial charge in [-0.15, -0.1) is 22.7 Å². The van der Waals surface area contributed by atoms with E-state index in [0.29, 0.717) is 5.69 Å². The van der Waals surface area contributed by atoms with Crippen LogP contribution in [-0.4, -0.2) is 4.57 Å². The number of rotatable bonds is 2. The second kappa shape index (κ2) is 8.52. The number of thiophene rings is 2. The Labute approximate surface area is 243 Å². The van der Waals surface area contributed by atoms with E-state index in [1.807, 2.05) is 34.8 Å². The SMILES string of the molecule is [C-]#[N+]c1cccc(-n2c3ccccc3c3ccccc32)c1-c1ccc2sc3c(ccc4c5ccccc5sc43)c2c1. The van der Waals surface area contributed by atoms with E-state index in [4.69, 9.17) is 6.57 Å². The van der Waals surface area contributed by atoms with Crippen LogP contribution < -0.4 is 0 Å². The van der Waals surface area contributed by atoms with Gasteiger partial charge in [-0.1, -0.05) is 84.9 Å². The molecule has 0 spiro atoms. The van der Waals surface area contributed by atoms with Gasteiger partial charge in [0.2, 0.25) is 0 Å². The summed E-state index contributed by atoms with van der Waals surface area (Å²) in [4.78, 5) is 4.01. The van der Waals surface area contributed by atoms with Crippen LogP contribution in [0.1, 0.15) is 0 Å². The van der Waals surface area contributed by atoms with Crippen LogP contribution in [-0.2, 0) is 0 Å². The summed E-state index contributed by atoms with van der Waals surface area (Å²) in [6.07, 6.45) is 0. The maximum Gasteiger partial charge on any atom is 0.196 e. The number of nitrogens with zero attached hydrogens (tertiary/aromatic N) is 2. The average molecular weight is 557 g/mol. The fraction of sp³-hybridized carbons (Fsp3) is 0. The molecule has 3 aromatic heterocycles. The van der Waals surface area contributed by atoms with Gasteiger partial charge in [-0.25, -0.2) is 4.85 Å². The molecule has 0 aliphatic heterocycles. The molecule has 0 aliphatic rings. The predicted molar refractivity (Wildman–Crippen MR) is 178 cm³/mol. The average Bonchev–Trinajstić information content (AvgIpc) is 3.70. The molecule has 0 radical (unpaired) electrons. The lowest BCUT2D eigenvalue weighted by Gasteiger charge is -2.16. The Balaban J connectivity index is 1.35. The van der Waals surface area contributed by atoms with Crippen LogP contribution in [0.5, 0.6) is 0 Å². The van der Waals surface area contributed by atoms with Gasteiger partial charge in [-0.05, 0) is 42.0 Å². The van der Waals surface area contributed by atoms with E-state index >= 15 is 0 Å². The Kier molecular flexibility index (Phi) is 4.74. The minimum atomic E-state index is 0.662. The van der Waals surface area contributed by atoms with Crippen molar-refractivity contribution in [3.8, 4) is 16.8 Å². The molecule has 0 saturated heterocycles. The second-order valence-corrected chi connectivity index (χ2v) is 12.5. The van der Waals surface area contributed by atoms with Crippen molar-refractivity contribution in [1.29, 1.82) is 0 Å². The van der Waals surface area contributed by atoms with E-state index in [-0.39, 0.29) is 0 Å². The lowest BCUT2D eigenvalue weighted by Crippen LogP contribution is -1.97. The molecule has 0 aliphatic carbocycles. The number of para-hydroxylation sites is 2. The maximum absolute atomic E-state index is 8.11. The fourth-order valence-corrected chi connectivity index (χ4v) is 8.98. The first kappa shape index (κ1) is 22.8. The quantitative estimate of drug-likeness (QED) is 0.187. The molecule has 41 heavy (non-hydrogen) atoms. The third-order valence-electron chi connectivity index (χ3n) is 8.23. The highest BCUT2D eigenvalue weighted by Gasteiger charge is 2.19. The van der Waals surface area contributed by atoms with Gasteiger partial charge in [-0.3, -0.25) is 0 Å². The smallest absolute Gasteiger partial charge is 0.196 e. The monoisotopic (exact) mass is 556 g/mol. The maximum atomic E-state index is 8.11. The Morgan fingerprint density at radius 3 is 1.83 bits per heavy atom. The standard InChI is InChI=1S/C37H20N2S2/c1-38-29-12-8-15-32(39-30-13-5-2-9-23(30)24-10-3-6-14-31(24)39)35(29)22-17-20-34-28(21-22)27-19-18-26-25-11-4-7-16-33(25)40-36(26)37(27)41-34/h2-21H. The molecule has 6 aromatic carbocycles. The first-order chi connectivity index (χ1) is 20.3. The lowest BCUT2D eigenvalue weighted by molar-refractivity contribution is 1.18. The van der Waals surface area contributed by atoms with Gasteiger partial charge in [0, 0.05) is 53.0 Å². The van der Waals surface area contributed by atoms with E-state index < -0.39 is 0 Å². The third-order valence-corrected chi connectivity index (χ3v) is 10.8. The number of aromatic nitrogens is 1.